The topological polar surface area (TPSA) is 38.9 Å². The van der Waals surface area contributed by atoms with E-state index in [9.17, 15) is 4.39 Å². The predicted octanol–water partition coefficient (Wildman–Crippen LogP) is 13.4. The van der Waals surface area contributed by atoms with E-state index in [1.54, 1.807) is 6.07 Å². The van der Waals surface area contributed by atoms with Gasteiger partial charge in [-0.1, -0.05) is 138 Å². The summed E-state index contributed by atoms with van der Waals surface area (Å²) in [7, 11) is -1.31. The molecule has 291 valence electrons. The molecule has 0 aliphatic rings. The maximum absolute atomic E-state index is 13.1. The zero-order chi connectivity index (χ0) is 39.6. The van der Waals surface area contributed by atoms with Crippen LogP contribution in [0.5, 0.6) is 0 Å². The van der Waals surface area contributed by atoms with Gasteiger partial charge in [0.1, 0.15) is 5.58 Å². The van der Waals surface area contributed by atoms with Gasteiger partial charge in [0.05, 0.1) is 13.7 Å². The van der Waals surface area contributed by atoms with E-state index < -0.39 is 8.07 Å². The van der Waals surface area contributed by atoms with Gasteiger partial charge in [-0.25, -0.2) is 4.39 Å². The molecule has 0 N–H and O–H groups in total. The Labute approximate surface area is 351 Å². The summed E-state index contributed by atoms with van der Waals surface area (Å²) in [6.07, 6.45) is 4.82. The number of nitrogens with zero attached hydrogens (tertiary/aromatic N) is 2. The van der Waals surface area contributed by atoms with Crippen molar-refractivity contribution in [1.82, 2.24) is 9.97 Å². The fourth-order valence-corrected chi connectivity index (χ4v) is 7.98. The summed E-state index contributed by atoms with van der Waals surface area (Å²) in [5.41, 5.74) is 12.9. The average molecular weight is 945 g/mol. The molecule has 1 atom stereocenters. The first-order chi connectivity index (χ1) is 26.7. The fraction of sp³-hybridized carbons (Fsp3) is 0.216. The summed E-state index contributed by atoms with van der Waals surface area (Å²) in [4.78, 5) is 9.17. The molecule has 6 heteroatoms. The standard InChI is InChI=1S/C37H34NO.C14H15FNSi.Ir/c1-24-23-38-34(22-32(24)25(2)37(3,4)5)30-15-17-35-33(20-30)31-16-14-29(21-36(31)39-35)28-13-9-12-27(19-28)18-26-10-7-6-8-11-26;1-17(2,3)13-7-8-14(16-10-13)11-5-4-6-12(15)9-11;/h6-14,16-17,19-23,25H,18H2,1-5H3;4,6-10H,1-3H3;/q2*-1;. The molecule has 0 saturated carbocycles. The van der Waals surface area contributed by atoms with Crippen LogP contribution in [0.15, 0.2) is 138 Å². The third-order valence-corrected chi connectivity index (χ3v) is 12.8. The van der Waals surface area contributed by atoms with Gasteiger partial charge in [-0.15, -0.1) is 53.6 Å². The van der Waals surface area contributed by atoms with Crippen molar-refractivity contribution in [2.24, 2.45) is 5.41 Å². The van der Waals surface area contributed by atoms with Gasteiger partial charge in [-0.2, -0.15) is 0 Å². The average Bonchev–Trinajstić information content (AvgIpc) is 3.55. The van der Waals surface area contributed by atoms with E-state index in [0.717, 1.165) is 50.9 Å². The molecule has 0 saturated heterocycles. The molecule has 0 aliphatic heterocycles. The number of furan rings is 1. The molecule has 8 aromatic rings. The second-order valence-corrected chi connectivity index (χ2v) is 22.0. The van der Waals surface area contributed by atoms with Crippen molar-refractivity contribution in [3.8, 4) is 33.6 Å². The molecule has 0 amide bonds. The van der Waals surface area contributed by atoms with Gasteiger partial charge >= 0.3 is 0 Å². The summed E-state index contributed by atoms with van der Waals surface area (Å²) in [5.74, 6) is 0.164. The Hall–Kier alpha value is -5.00. The summed E-state index contributed by atoms with van der Waals surface area (Å²) in [5, 5.41) is 3.51. The van der Waals surface area contributed by atoms with Crippen LogP contribution in [-0.2, 0) is 26.5 Å². The second kappa shape index (κ2) is 17.2. The number of hydrogen-bond donors (Lipinski definition) is 0. The number of benzene rings is 5. The summed E-state index contributed by atoms with van der Waals surface area (Å²) >= 11 is 0. The van der Waals surface area contributed by atoms with Crippen molar-refractivity contribution < 1.29 is 28.9 Å². The monoisotopic (exact) mass is 945 g/mol. The van der Waals surface area contributed by atoms with E-state index in [0.29, 0.717) is 11.5 Å². The van der Waals surface area contributed by atoms with Crippen LogP contribution >= 0.6 is 0 Å². The van der Waals surface area contributed by atoms with Crippen molar-refractivity contribution in [2.75, 3.05) is 0 Å². The molecule has 0 bridgehead atoms. The second-order valence-electron chi connectivity index (χ2n) is 16.9. The summed E-state index contributed by atoms with van der Waals surface area (Å²) < 4.78 is 19.4. The van der Waals surface area contributed by atoms with Crippen LogP contribution in [0.4, 0.5) is 4.39 Å². The molecule has 1 radical (unpaired) electrons. The normalized spacial score (nSPS) is 12.2. The molecule has 3 heterocycles. The largest absolute Gasteiger partial charge is 0.500 e. The van der Waals surface area contributed by atoms with Crippen molar-refractivity contribution >= 4 is 35.2 Å². The Morgan fingerprint density at radius 2 is 1.42 bits per heavy atom. The molecule has 0 aliphatic carbocycles. The third-order valence-electron chi connectivity index (χ3n) is 10.8. The van der Waals surface area contributed by atoms with Crippen molar-refractivity contribution in [3.63, 3.8) is 0 Å². The van der Waals surface area contributed by atoms with Gasteiger partial charge in [-0.3, -0.25) is 0 Å². The molecular weight excluding hydrogens is 896 g/mol. The molecule has 5 aromatic carbocycles. The molecule has 3 aromatic heterocycles. The molecule has 57 heavy (non-hydrogen) atoms. The maximum atomic E-state index is 13.1. The van der Waals surface area contributed by atoms with Gasteiger partial charge in [0.15, 0.2) is 0 Å². The Morgan fingerprint density at radius 3 is 2.12 bits per heavy atom. The Bertz CT molecular complexity index is 2620. The molecule has 3 nitrogen and oxygen atoms in total. The van der Waals surface area contributed by atoms with Crippen LogP contribution in [0, 0.1) is 30.3 Å². The van der Waals surface area contributed by atoms with Gasteiger partial charge in [0, 0.05) is 43.7 Å². The Balaban J connectivity index is 0.000000256. The van der Waals surface area contributed by atoms with Gasteiger partial charge in [0.2, 0.25) is 0 Å². The number of aryl methyl sites for hydroxylation is 1. The SMILES string of the molecule is C[Si](C)(C)c1ccc(-c2[c-]ccc(F)c2)nc1.Cc1cnc(-c2[c-]cc3oc4cc(-c5cccc(Cc6ccccc6)c5)ccc4c3c2)cc1C(C)C(C)(C)C.[Ir]. The quantitative estimate of drug-likeness (QED) is 0.118. The molecule has 8 rings (SSSR count). The number of fused-ring (bicyclic) bond motifs is 3. The summed E-state index contributed by atoms with van der Waals surface area (Å²) in [6.45, 7) is 18.2. The first-order valence-electron chi connectivity index (χ1n) is 19.4. The number of pyridine rings is 2. The van der Waals surface area contributed by atoms with E-state index in [4.69, 9.17) is 9.40 Å². The number of hydrogen-bond acceptors (Lipinski definition) is 3. The molecule has 0 fully saturated rings. The zero-order valence-electron chi connectivity index (χ0n) is 34.0. The van der Waals surface area contributed by atoms with Gasteiger partial charge in [-0.05, 0) is 80.7 Å². The fourth-order valence-electron chi connectivity index (χ4n) is 6.94. The predicted molar refractivity (Wildman–Crippen MR) is 235 cm³/mol. The number of halogens is 1. The van der Waals surface area contributed by atoms with Crippen LogP contribution in [0.1, 0.15) is 55.9 Å². The third kappa shape index (κ3) is 9.76. The minimum Gasteiger partial charge on any atom is -0.500 e. The van der Waals surface area contributed by atoms with Crippen LogP contribution < -0.4 is 5.19 Å². The minimum absolute atomic E-state index is 0. The van der Waals surface area contributed by atoms with Crippen molar-refractivity contribution in [3.05, 3.63) is 174 Å². The van der Waals surface area contributed by atoms with Crippen LogP contribution in [-0.4, -0.2) is 18.0 Å². The van der Waals surface area contributed by atoms with E-state index in [-0.39, 0.29) is 31.3 Å². The molecule has 0 spiro atoms. The van der Waals surface area contributed by atoms with E-state index >= 15 is 0 Å². The van der Waals surface area contributed by atoms with Crippen molar-refractivity contribution in [1.29, 1.82) is 0 Å². The smallest absolute Gasteiger partial charge is 0.121 e. The first kappa shape index (κ1) is 41.6. The zero-order valence-corrected chi connectivity index (χ0v) is 37.4. The molecular formula is C51H49FIrN2OSi-2. The van der Waals surface area contributed by atoms with Gasteiger partial charge < -0.3 is 14.4 Å². The van der Waals surface area contributed by atoms with Crippen molar-refractivity contribution in [2.45, 2.75) is 66.6 Å². The van der Waals surface area contributed by atoms with Crippen LogP contribution in [0.3, 0.4) is 0 Å². The van der Waals surface area contributed by atoms with Crippen LogP contribution in [0.2, 0.25) is 19.6 Å². The first-order valence-corrected chi connectivity index (χ1v) is 22.9. The Morgan fingerprint density at radius 1 is 0.702 bits per heavy atom. The Kier molecular flexibility index (Phi) is 12.6. The minimum atomic E-state index is -1.31. The van der Waals surface area contributed by atoms with E-state index in [2.05, 4.69) is 162 Å². The van der Waals surface area contributed by atoms with Gasteiger partial charge in [0.25, 0.3) is 0 Å². The maximum Gasteiger partial charge on any atom is 0.121 e. The van der Waals surface area contributed by atoms with E-state index in [1.165, 1.54) is 45.1 Å². The van der Waals surface area contributed by atoms with Crippen LogP contribution in [0.25, 0.3) is 55.6 Å². The summed E-state index contributed by atoms with van der Waals surface area (Å²) in [6, 6.07) is 47.2. The van der Waals surface area contributed by atoms with E-state index in [1.807, 2.05) is 24.5 Å². The molecule has 1 unspecified atom stereocenters. The number of rotatable bonds is 7. The number of aromatic nitrogens is 2.